The van der Waals surface area contributed by atoms with E-state index in [2.05, 4.69) is 53.5 Å². The average molecular weight is 389 g/mol. The number of carbonyl (C=O) groups is 1. The molecule has 29 heavy (non-hydrogen) atoms. The summed E-state index contributed by atoms with van der Waals surface area (Å²) in [6.45, 7) is 4.59. The maximum absolute atomic E-state index is 12.0. The van der Waals surface area contributed by atoms with Crippen molar-refractivity contribution in [1.82, 2.24) is 15.2 Å². The fourth-order valence-electron chi connectivity index (χ4n) is 4.15. The summed E-state index contributed by atoms with van der Waals surface area (Å²) < 4.78 is 5.31. The Kier molecular flexibility index (Phi) is 5.49. The molecule has 0 radical (unpaired) electrons. The average Bonchev–Trinajstić information content (AvgIpc) is 3.22. The minimum atomic E-state index is 0.0695. The van der Waals surface area contributed by atoms with Gasteiger partial charge in [-0.3, -0.25) is 9.69 Å². The van der Waals surface area contributed by atoms with Crippen LogP contribution >= 0.6 is 0 Å². The summed E-state index contributed by atoms with van der Waals surface area (Å²) in [6.07, 6.45) is 0.900. The maximum atomic E-state index is 12.0. The third-order valence-electron chi connectivity index (χ3n) is 5.77. The van der Waals surface area contributed by atoms with Gasteiger partial charge in [0.15, 0.2) is 0 Å². The lowest BCUT2D eigenvalue weighted by Crippen LogP contribution is -2.30. The molecule has 2 heterocycles. The fourth-order valence-corrected chi connectivity index (χ4v) is 4.15. The van der Waals surface area contributed by atoms with Crippen LogP contribution in [0.25, 0.3) is 22.2 Å². The molecular formula is C24H27N3O2. The second kappa shape index (κ2) is 8.21. The molecule has 5 heteroatoms. The number of para-hydroxylation sites is 1. The van der Waals surface area contributed by atoms with E-state index in [1.54, 1.807) is 14.2 Å². The van der Waals surface area contributed by atoms with Crippen molar-refractivity contribution in [2.45, 2.75) is 19.9 Å². The smallest absolute Gasteiger partial charge is 0.224 e. The van der Waals surface area contributed by atoms with Crippen molar-refractivity contribution >= 4 is 16.8 Å². The van der Waals surface area contributed by atoms with Gasteiger partial charge < -0.3 is 10.1 Å². The summed E-state index contributed by atoms with van der Waals surface area (Å²) in [6, 6.07) is 16.6. The highest BCUT2D eigenvalue weighted by Gasteiger charge is 2.28. The number of rotatable bonds is 5. The molecule has 1 aromatic heterocycles. The molecule has 1 unspecified atom stereocenters. The van der Waals surface area contributed by atoms with Crippen LogP contribution in [0.1, 0.15) is 17.5 Å². The highest BCUT2D eigenvalue weighted by Crippen LogP contribution is 2.30. The zero-order valence-electron chi connectivity index (χ0n) is 17.2. The minimum Gasteiger partial charge on any atom is -0.497 e. The van der Waals surface area contributed by atoms with Gasteiger partial charge in [-0.1, -0.05) is 18.2 Å². The van der Waals surface area contributed by atoms with Crippen LogP contribution in [0.4, 0.5) is 0 Å². The topological polar surface area (TPSA) is 54.5 Å². The number of likely N-dealkylation sites (tertiary alicyclic amines) is 1. The van der Waals surface area contributed by atoms with Gasteiger partial charge in [0.25, 0.3) is 0 Å². The highest BCUT2D eigenvalue weighted by molar-refractivity contribution is 5.86. The Morgan fingerprint density at radius 2 is 2.03 bits per heavy atom. The van der Waals surface area contributed by atoms with Crippen LogP contribution in [-0.2, 0) is 11.3 Å². The van der Waals surface area contributed by atoms with Crippen LogP contribution < -0.4 is 10.1 Å². The number of amides is 1. The second-order valence-corrected chi connectivity index (χ2v) is 7.71. The highest BCUT2D eigenvalue weighted by atomic mass is 16.5. The summed E-state index contributed by atoms with van der Waals surface area (Å²) >= 11 is 0. The van der Waals surface area contributed by atoms with Crippen molar-refractivity contribution in [3.8, 4) is 17.0 Å². The second-order valence-electron chi connectivity index (χ2n) is 7.71. The standard InChI is InChI=1S/C24H27N3O2/c1-16-5-4-6-18-13-20(15-27-12-11-19(14-27)24(28)25-2)23(26-22(16)18)17-7-9-21(29-3)10-8-17/h4-10,13,19H,11-12,14-15H2,1-3H3,(H,25,28). The number of carbonyl (C=O) groups excluding carboxylic acids is 1. The number of fused-ring (bicyclic) bond motifs is 1. The number of hydrogen-bond donors (Lipinski definition) is 1. The Balaban J connectivity index is 1.72. The SMILES string of the molecule is CNC(=O)C1CCN(Cc2cc3cccc(C)c3nc2-c2ccc(OC)cc2)C1. The van der Waals surface area contributed by atoms with Crippen LogP contribution in [0.2, 0.25) is 0 Å². The Hall–Kier alpha value is -2.92. The van der Waals surface area contributed by atoms with Gasteiger partial charge in [0.2, 0.25) is 5.91 Å². The van der Waals surface area contributed by atoms with E-state index >= 15 is 0 Å². The first-order valence-electron chi connectivity index (χ1n) is 10.1. The third-order valence-corrected chi connectivity index (χ3v) is 5.77. The number of benzene rings is 2. The lowest BCUT2D eigenvalue weighted by molar-refractivity contribution is -0.124. The lowest BCUT2D eigenvalue weighted by Gasteiger charge is -2.19. The van der Waals surface area contributed by atoms with Crippen molar-refractivity contribution < 1.29 is 9.53 Å². The van der Waals surface area contributed by atoms with Crippen molar-refractivity contribution in [2.75, 3.05) is 27.2 Å². The van der Waals surface area contributed by atoms with E-state index in [0.717, 1.165) is 54.0 Å². The van der Waals surface area contributed by atoms with Crippen LogP contribution in [0.3, 0.4) is 0 Å². The zero-order chi connectivity index (χ0) is 20.4. The molecule has 1 N–H and O–H groups in total. The molecular weight excluding hydrogens is 362 g/mol. The monoisotopic (exact) mass is 389 g/mol. The summed E-state index contributed by atoms with van der Waals surface area (Å²) in [4.78, 5) is 19.4. The molecule has 3 aromatic rings. The Morgan fingerprint density at radius 3 is 2.76 bits per heavy atom. The zero-order valence-corrected chi connectivity index (χ0v) is 17.2. The molecule has 0 saturated carbocycles. The van der Waals surface area contributed by atoms with Gasteiger partial charge in [0, 0.05) is 31.1 Å². The van der Waals surface area contributed by atoms with Gasteiger partial charge >= 0.3 is 0 Å². The van der Waals surface area contributed by atoms with Gasteiger partial charge in [-0.25, -0.2) is 4.98 Å². The van der Waals surface area contributed by atoms with Gasteiger partial charge in [0.05, 0.1) is 24.2 Å². The first kappa shape index (κ1) is 19.4. The number of aromatic nitrogens is 1. The van der Waals surface area contributed by atoms with Crippen LogP contribution in [-0.4, -0.2) is 43.0 Å². The molecule has 1 atom stereocenters. The summed E-state index contributed by atoms with van der Waals surface area (Å²) in [7, 11) is 3.39. The minimum absolute atomic E-state index is 0.0695. The number of ether oxygens (including phenoxy) is 1. The quantitative estimate of drug-likeness (QED) is 0.721. The van der Waals surface area contributed by atoms with E-state index in [1.807, 2.05) is 12.1 Å². The predicted molar refractivity (Wildman–Crippen MR) is 116 cm³/mol. The molecule has 0 bridgehead atoms. The fraction of sp³-hybridized carbons (Fsp3) is 0.333. The number of hydrogen-bond acceptors (Lipinski definition) is 4. The van der Waals surface area contributed by atoms with Gasteiger partial charge in [-0.05, 0) is 61.3 Å². The Bertz CT molecular complexity index is 1030. The van der Waals surface area contributed by atoms with Crippen molar-refractivity contribution in [1.29, 1.82) is 0 Å². The van der Waals surface area contributed by atoms with Crippen LogP contribution in [0, 0.1) is 12.8 Å². The third kappa shape index (κ3) is 3.96. The van der Waals surface area contributed by atoms with E-state index in [0.29, 0.717) is 0 Å². The van der Waals surface area contributed by atoms with Gasteiger partial charge in [0.1, 0.15) is 5.75 Å². The van der Waals surface area contributed by atoms with E-state index in [1.165, 1.54) is 11.1 Å². The van der Waals surface area contributed by atoms with E-state index in [9.17, 15) is 4.79 Å². The Labute approximate surface area is 171 Å². The molecule has 4 rings (SSSR count). The Morgan fingerprint density at radius 1 is 1.24 bits per heavy atom. The largest absolute Gasteiger partial charge is 0.497 e. The molecule has 1 fully saturated rings. The normalized spacial score (nSPS) is 16.9. The molecule has 0 aliphatic carbocycles. The van der Waals surface area contributed by atoms with Crippen LogP contribution in [0.15, 0.2) is 48.5 Å². The first-order valence-corrected chi connectivity index (χ1v) is 10.1. The lowest BCUT2D eigenvalue weighted by atomic mass is 10.0. The van der Waals surface area contributed by atoms with Crippen molar-refractivity contribution in [3.63, 3.8) is 0 Å². The van der Waals surface area contributed by atoms with E-state index < -0.39 is 0 Å². The number of nitrogens with zero attached hydrogens (tertiary/aromatic N) is 2. The number of aryl methyl sites for hydroxylation is 1. The maximum Gasteiger partial charge on any atom is 0.224 e. The molecule has 1 aliphatic heterocycles. The van der Waals surface area contributed by atoms with E-state index in [4.69, 9.17) is 9.72 Å². The summed E-state index contributed by atoms with van der Waals surface area (Å²) in [5.74, 6) is 1.04. The van der Waals surface area contributed by atoms with Crippen molar-refractivity contribution in [3.05, 3.63) is 59.7 Å². The molecule has 1 amide bonds. The molecule has 1 aliphatic rings. The molecule has 1 saturated heterocycles. The van der Waals surface area contributed by atoms with Crippen molar-refractivity contribution in [2.24, 2.45) is 5.92 Å². The molecule has 5 nitrogen and oxygen atoms in total. The predicted octanol–water partition coefficient (Wildman–Crippen LogP) is 3.79. The molecule has 0 spiro atoms. The number of methoxy groups -OCH3 is 1. The summed E-state index contributed by atoms with van der Waals surface area (Å²) in [5, 5.41) is 3.93. The first-order chi connectivity index (χ1) is 14.1. The van der Waals surface area contributed by atoms with Gasteiger partial charge in [-0.15, -0.1) is 0 Å². The van der Waals surface area contributed by atoms with Gasteiger partial charge in [-0.2, -0.15) is 0 Å². The van der Waals surface area contributed by atoms with E-state index in [-0.39, 0.29) is 11.8 Å². The van der Waals surface area contributed by atoms with Crippen LogP contribution in [0.5, 0.6) is 5.75 Å². The number of pyridine rings is 1. The number of nitrogens with one attached hydrogen (secondary N) is 1. The molecule has 2 aromatic carbocycles. The summed E-state index contributed by atoms with van der Waals surface area (Å²) in [5.41, 5.74) is 5.47. The molecule has 150 valence electrons.